The SMILES string of the molecule is C[C@H]1CC[C@H](CO)CN1S(=O)(=O)c1c(Cl)cc(Br)cc1Cl. The van der Waals surface area contributed by atoms with E-state index in [1.807, 2.05) is 6.92 Å². The van der Waals surface area contributed by atoms with E-state index in [0.29, 0.717) is 10.9 Å². The van der Waals surface area contributed by atoms with Gasteiger partial charge in [-0.15, -0.1) is 0 Å². The van der Waals surface area contributed by atoms with Crippen LogP contribution >= 0.6 is 39.1 Å². The lowest BCUT2D eigenvalue weighted by atomic mass is 9.96. The predicted molar refractivity (Wildman–Crippen MR) is 87.3 cm³/mol. The Morgan fingerprint density at radius 3 is 2.43 bits per heavy atom. The minimum absolute atomic E-state index is 0.0272. The summed E-state index contributed by atoms with van der Waals surface area (Å²) < 4.78 is 27.8. The highest BCUT2D eigenvalue weighted by molar-refractivity contribution is 9.10. The van der Waals surface area contributed by atoms with E-state index in [2.05, 4.69) is 15.9 Å². The number of sulfonamides is 1. The van der Waals surface area contributed by atoms with Crippen LogP contribution in [0.25, 0.3) is 0 Å². The summed E-state index contributed by atoms with van der Waals surface area (Å²) in [6.07, 6.45) is 1.52. The molecule has 0 aromatic heterocycles. The van der Waals surface area contributed by atoms with Crippen molar-refractivity contribution < 1.29 is 13.5 Å². The monoisotopic (exact) mass is 415 g/mol. The van der Waals surface area contributed by atoms with E-state index in [1.54, 1.807) is 0 Å². The molecule has 0 radical (unpaired) electrons. The van der Waals surface area contributed by atoms with Gasteiger partial charge in [-0.05, 0) is 37.8 Å². The molecule has 1 heterocycles. The Hall–Kier alpha value is 0.150. The highest BCUT2D eigenvalue weighted by atomic mass is 79.9. The molecule has 1 aliphatic heterocycles. The first-order valence-corrected chi connectivity index (χ1v) is 9.53. The number of piperidine rings is 1. The summed E-state index contributed by atoms with van der Waals surface area (Å²) in [5.41, 5.74) is 0. The molecule has 0 unspecified atom stereocenters. The molecule has 8 heteroatoms. The summed E-state index contributed by atoms with van der Waals surface area (Å²) in [5, 5.41) is 9.48. The Bertz CT molecular complexity index is 615. The van der Waals surface area contributed by atoms with Crippen molar-refractivity contribution in [1.29, 1.82) is 0 Å². The normalized spacial score (nSPS) is 24.2. The summed E-state index contributed by atoms with van der Waals surface area (Å²) in [6, 6.07) is 2.88. The molecule has 1 aliphatic rings. The fourth-order valence-corrected chi connectivity index (χ4v) is 6.15. The van der Waals surface area contributed by atoms with Crippen LogP contribution in [-0.4, -0.2) is 37.0 Å². The highest BCUT2D eigenvalue weighted by Crippen LogP contribution is 2.37. The van der Waals surface area contributed by atoms with E-state index in [9.17, 15) is 13.5 Å². The van der Waals surface area contributed by atoms with E-state index in [-0.39, 0.29) is 40.1 Å². The standard InChI is InChI=1S/C13H16BrCl2NO3S/c1-8-2-3-9(7-18)6-17(8)21(19,20)13-11(15)4-10(14)5-12(13)16/h4-5,8-9,18H,2-3,6-7H2,1H3/t8-,9-/m0/s1. The van der Waals surface area contributed by atoms with Gasteiger partial charge in [-0.25, -0.2) is 8.42 Å². The lowest BCUT2D eigenvalue weighted by Crippen LogP contribution is -2.46. The fourth-order valence-electron chi connectivity index (χ4n) is 2.52. The second-order valence-corrected chi connectivity index (χ2v) is 8.81. The zero-order chi connectivity index (χ0) is 15.8. The van der Waals surface area contributed by atoms with E-state index >= 15 is 0 Å². The molecule has 1 aromatic carbocycles. The maximum atomic E-state index is 12.9. The molecule has 0 aliphatic carbocycles. The number of aliphatic hydroxyl groups excluding tert-OH is 1. The van der Waals surface area contributed by atoms with Gasteiger partial charge in [0.25, 0.3) is 0 Å². The lowest BCUT2D eigenvalue weighted by molar-refractivity contribution is 0.139. The number of aliphatic hydroxyl groups is 1. The van der Waals surface area contributed by atoms with E-state index < -0.39 is 10.0 Å². The second-order valence-electron chi connectivity index (χ2n) is 5.25. The van der Waals surface area contributed by atoms with E-state index in [1.165, 1.54) is 16.4 Å². The first-order chi connectivity index (χ1) is 9.77. The zero-order valence-corrected chi connectivity index (χ0v) is 15.3. The molecule has 1 N–H and O–H groups in total. The Balaban J connectivity index is 2.46. The van der Waals surface area contributed by atoms with Crippen molar-refractivity contribution >= 4 is 49.2 Å². The Labute approximate surface area is 143 Å². The van der Waals surface area contributed by atoms with Gasteiger partial charge in [-0.1, -0.05) is 39.1 Å². The zero-order valence-electron chi connectivity index (χ0n) is 11.4. The van der Waals surface area contributed by atoms with Crippen molar-refractivity contribution in [2.24, 2.45) is 5.92 Å². The highest BCUT2D eigenvalue weighted by Gasteiger charge is 2.37. The van der Waals surface area contributed by atoms with Gasteiger partial charge in [-0.3, -0.25) is 0 Å². The second kappa shape index (κ2) is 6.72. The van der Waals surface area contributed by atoms with Crippen molar-refractivity contribution in [3.05, 3.63) is 26.7 Å². The van der Waals surface area contributed by atoms with Crippen molar-refractivity contribution in [3.63, 3.8) is 0 Å². The number of halogens is 3. The van der Waals surface area contributed by atoms with Crippen LogP contribution in [0.5, 0.6) is 0 Å². The predicted octanol–water partition coefficient (Wildman–Crippen LogP) is 3.54. The lowest BCUT2D eigenvalue weighted by Gasteiger charge is -2.36. The first-order valence-electron chi connectivity index (χ1n) is 6.54. The molecule has 1 saturated heterocycles. The Kier molecular flexibility index (Phi) is 5.60. The summed E-state index contributed by atoms with van der Waals surface area (Å²) in [4.78, 5) is -0.0699. The molecule has 4 nitrogen and oxygen atoms in total. The van der Waals surface area contributed by atoms with Crippen molar-refractivity contribution in [3.8, 4) is 0 Å². The van der Waals surface area contributed by atoms with Crippen LogP contribution in [0.4, 0.5) is 0 Å². The Morgan fingerprint density at radius 2 is 1.90 bits per heavy atom. The number of hydrogen-bond acceptors (Lipinski definition) is 3. The van der Waals surface area contributed by atoms with Gasteiger partial charge >= 0.3 is 0 Å². The number of benzene rings is 1. The fraction of sp³-hybridized carbons (Fsp3) is 0.538. The van der Waals surface area contributed by atoms with Crippen LogP contribution in [0.1, 0.15) is 19.8 Å². The van der Waals surface area contributed by atoms with Crippen LogP contribution in [0.15, 0.2) is 21.5 Å². The van der Waals surface area contributed by atoms with Gasteiger partial charge in [-0.2, -0.15) is 4.31 Å². The molecule has 2 atom stereocenters. The molecule has 1 fully saturated rings. The smallest absolute Gasteiger partial charge is 0.246 e. The summed E-state index contributed by atoms with van der Waals surface area (Å²) >= 11 is 15.4. The minimum atomic E-state index is -3.79. The van der Waals surface area contributed by atoms with Crippen molar-refractivity contribution in [2.75, 3.05) is 13.2 Å². The molecule has 0 spiro atoms. The molecule has 118 valence electrons. The third kappa shape index (κ3) is 3.57. The average molecular weight is 417 g/mol. The van der Waals surface area contributed by atoms with Crippen molar-refractivity contribution in [1.82, 2.24) is 4.31 Å². The third-order valence-electron chi connectivity index (χ3n) is 3.71. The number of hydrogen-bond donors (Lipinski definition) is 1. The molecule has 2 rings (SSSR count). The van der Waals surface area contributed by atoms with Gasteiger partial charge in [0.1, 0.15) is 4.90 Å². The molecular formula is C13H16BrCl2NO3S. The number of nitrogens with zero attached hydrogens (tertiary/aromatic N) is 1. The van der Waals surface area contributed by atoms with E-state index in [4.69, 9.17) is 23.2 Å². The maximum Gasteiger partial charge on any atom is 0.246 e. The summed E-state index contributed by atoms with van der Waals surface area (Å²) in [6.45, 7) is 2.11. The van der Waals surface area contributed by atoms with Crippen LogP contribution in [0.2, 0.25) is 10.0 Å². The van der Waals surface area contributed by atoms with E-state index in [0.717, 1.165) is 6.42 Å². The third-order valence-corrected chi connectivity index (χ3v) is 7.07. The molecule has 1 aromatic rings. The molecule has 21 heavy (non-hydrogen) atoms. The summed E-state index contributed by atoms with van der Waals surface area (Å²) in [7, 11) is -3.79. The van der Waals surface area contributed by atoms with Crippen molar-refractivity contribution in [2.45, 2.75) is 30.7 Å². The van der Waals surface area contributed by atoms with Gasteiger partial charge in [0.15, 0.2) is 0 Å². The topological polar surface area (TPSA) is 57.6 Å². The molecule has 0 saturated carbocycles. The van der Waals surface area contributed by atoms with Gasteiger partial charge < -0.3 is 5.11 Å². The largest absolute Gasteiger partial charge is 0.396 e. The van der Waals surface area contributed by atoms with Gasteiger partial charge in [0, 0.05) is 23.7 Å². The maximum absolute atomic E-state index is 12.9. The van der Waals surface area contributed by atoms with Crippen LogP contribution in [0.3, 0.4) is 0 Å². The van der Waals surface area contributed by atoms with Crippen LogP contribution in [0, 0.1) is 5.92 Å². The van der Waals surface area contributed by atoms with Gasteiger partial charge in [0.05, 0.1) is 10.0 Å². The van der Waals surface area contributed by atoms with Crippen LogP contribution in [-0.2, 0) is 10.0 Å². The molecule has 0 bridgehead atoms. The van der Waals surface area contributed by atoms with Gasteiger partial charge in [0.2, 0.25) is 10.0 Å². The number of rotatable bonds is 3. The minimum Gasteiger partial charge on any atom is -0.396 e. The summed E-state index contributed by atoms with van der Waals surface area (Å²) in [5.74, 6) is -0.0519. The quantitative estimate of drug-likeness (QED) is 0.819. The first kappa shape index (κ1) is 17.5. The Morgan fingerprint density at radius 1 is 1.33 bits per heavy atom. The average Bonchev–Trinajstić information content (AvgIpc) is 2.37. The van der Waals surface area contributed by atoms with Crippen LogP contribution < -0.4 is 0 Å². The molecule has 0 amide bonds. The molecular weight excluding hydrogens is 401 g/mol.